The molecule has 1 spiro atoms. The van der Waals surface area contributed by atoms with Gasteiger partial charge in [0.15, 0.2) is 0 Å². The van der Waals surface area contributed by atoms with Gasteiger partial charge in [-0.1, -0.05) is 61.9 Å². The topological polar surface area (TPSA) is 87.2 Å². The molecule has 4 aliphatic heterocycles. The molecule has 204 valence electrons. The summed E-state index contributed by atoms with van der Waals surface area (Å²) in [5, 5.41) is 10.6. The Kier molecular flexibility index (Phi) is 7.68. The summed E-state index contributed by atoms with van der Waals surface area (Å²) in [5.41, 5.74) is 1.47. The van der Waals surface area contributed by atoms with Crippen LogP contribution in [0.15, 0.2) is 42.5 Å². The number of ether oxygens (including phenoxy) is 1. The fourth-order valence-corrected chi connectivity index (χ4v) is 8.81. The van der Waals surface area contributed by atoms with E-state index in [-0.39, 0.29) is 42.1 Å². The summed E-state index contributed by atoms with van der Waals surface area (Å²) < 4.78 is 4.69. The molecule has 38 heavy (non-hydrogen) atoms. The number of benzene rings is 1. The minimum atomic E-state index is -0.979. The number of hydrogen-bond donors (Lipinski definition) is 1. The highest BCUT2D eigenvalue weighted by atomic mass is 35.5. The fraction of sp³-hybridized carbons (Fsp3) is 0.552. The van der Waals surface area contributed by atoms with Crippen molar-refractivity contribution < 1.29 is 24.2 Å². The highest BCUT2D eigenvalue weighted by molar-refractivity contribution is 8.02. The first-order chi connectivity index (χ1) is 18.2. The maximum atomic E-state index is 14.6. The zero-order chi connectivity index (χ0) is 27.2. The van der Waals surface area contributed by atoms with Crippen molar-refractivity contribution in [2.24, 2.45) is 17.8 Å². The van der Waals surface area contributed by atoms with E-state index in [9.17, 15) is 19.5 Å². The summed E-state index contributed by atoms with van der Waals surface area (Å²) >= 11 is 8.12. The molecule has 6 atom stereocenters. The molecule has 2 amide bonds. The van der Waals surface area contributed by atoms with E-state index in [0.717, 1.165) is 24.8 Å². The summed E-state index contributed by atoms with van der Waals surface area (Å²) in [6, 6.07) is 4.02. The van der Waals surface area contributed by atoms with Crippen LogP contribution in [0.3, 0.4) is 0 Å². The molecule has 0 saturated carbocycles. The second kappa shape index (κ2) is 10.7. The number of aryl methyl sites for hydroxylation is 1. The van der Waals surface area contributed by atoms with E-state index in [0.29, 0.717) is 17.3 Å². The van der Waals surface area contributed by atoms with Gasteiger partial charge in [-0.25, -0.2) is 0 Å². The summed E-state index contributed by atoms with van der Waals surface area (Å²) in [6.07, 6.45) is 10.6. The van der Waals surface area contributed by atoms with Crippen molar-refractivity contribution in [2.75, 3.05) is 24.7 Å². The number of aliphatic hydroxyl groups is 1. The molecule has 0 aromatic heterocycles. The van der Waals surface area contributed by atoms with E-state index in [1.54, 1.807) is 15.9 Å². The Morgan fingerprint density at radius 3 is 2.68 bits per heavy atom. The molecular formula is C29H35ClN2O5S. The summed E-state index contributed by atoms with van der Waals surface area (Å²) in [5.74, 6) is -2.52. The molecule has 1 unspecified atom stereocenters. The predicted molar refractivity (Wildman–Crippen MR) is 149 cm³/mol. The standard InChI is InChI=1S/C29H35ClN2O5S/c1-17(2)20(16-33)32-25-27(35)31(24-18(3)10-8-11-19(24)30)14-9-13-29(25)23(26(32)34)22-21(38-29)12-6-4-5-7-15-37-28(22)36/h6,8-13,17,20-23,25,33H,4-5,7,14-16H2,1-3H3/b12-6-/t20-,21-,22+,23-,25?,29-/m0/s1. The molecule has 2 fully saturated rings. The van der Waals surface area contributed by atoms with Crippen molar-refractivity contribution in [3.05, 3.63) is 53.1 Å². The van der Waals surface area contributed by atoms with Crippen LogP contribution in [-0.2, 0) is 19.1 Å². The Bertz CT molecular complexity index is 1170. The third kappa shape index (κ3) is 4.29. The highest BCUT2D eigenvalue weighted by Crippen LogP contribution is 2.61. The smallest absolute Gasteiger partial charge is 0.311 e. The van der Waals surface area contributed by atoms with Gasteiger partial charge in [-0.05, 0) is 43.7 Å². The fourth-order valence-electron chi connectivity index (χ4n) is 6.50. The third-order valence-electron chi connectivity index (χ3n) is 8.31. The van der Waals surface area contributed by atoms with Crippen LogP contribution in [0.5, 0.6) is 0 Å². The zero-order valence-corrected chi connectivity index (χ0v) is 23.6. The van der Waals surface area contributed by atoms with Crippen LogP contribution in [0.2, 0.25) is 5.02 Å². The molecule has 2 saturated heterocycles. The first kappa shape index (κ1) is 27.3. The predicted octanol–water partition coefficient (Wildman–Crippen LogP) is 4.15. The number of carbonyl (C=O) groups excluding carboxylic acids is 3. The number of thioether (sulfide) groups is 1. The number of para-hydroxylation sites is 1. The maximum Gasteiger partial charge on any atom is 0.311 e. The molecule has 7 nitrogen and oxygen atoms in total. The van der Waals surface area contributed by atoms with Crippen molar-refractivity contribution in [1.82, 2.24) is 4.90 Å². The second-order valence-electron chi connectivity index (χ2n) is 10.9. The van der Waals surface area contributed by atoms with Crippen LogP contribution in [0, 0.1) is 24.7 Å². The van der Waals surface area contributed by atoms with Crippen molar-refractivity contribution >= 4 is 46.8 Å². The number of nitrogens with zero attached hydrogens (tertiary/aromatic N) is 2. The number of amides is 2. The van der Waals surface area contributed by atoms with E-state index >= 15 is 0 Å². The van der Waals surface area contributed by atoms with Crippen LogP contribution >= 0.6 is 23.4 Å². The Hall–Kier alpha value is -2.29. The number of aliphatic hydroxyl groups excluding tert-OH is 1. The molecule has 4 aliphatic rings. The molecule has 1 aromatic carbocycles. The molecule has 1 N–H and O–H groups in total. The van der Waals surface area contributed by atoms with E-state index in [1.807, 2.05) is 51.1 Å². The summed E-state index contributed by atoms with van der Waals surface area (Å²) in [7, 11) is 0. The lowest BCUT2D eigenvalue weighted by Crippen LogP contribution is -2.57. The number of hydrogen-bond acceptors (Lipinski definition) is 6. The zero-order valence-electron chi connectivity index (χ0n) is 22.0. The van der Waals surface area contributed by atoms with E-state index in [2.05, 4.69) is 6.08 Å². The average Bonchev–Trinajstić information content (AvgIpc) is 3.26. The lowest BCUT2D eigenvalue weighted by atomic mass is 9.78. The average molecular weight is 559 g/mol. The number of carbonyl (C=O) groups is 3. The van der Waals surface area contributed by atoms with Crippen LogP contribution < -0.4 is 4.90 Å². The van der Waals surface area contributed by atoms with Gasteiger partial charge in [0.2, 0.25) is 5.91 Å². The van der Waals surface area contributed by atoms with Gasteiger partial charge >= 0.3 is 5.97 Å². The van der Waals surface area contributed by atoms with Gasteiger partial charge in [0.25, 0.3) is 5.91 Å². The lowest BCUT2D eigenvalue weighted by Gasteiger charge is -2.40. The van der Waals surface area contributed by atoms with Gasteiger partial charge in [-0.15, -0.1) is 11.8 Å². The number of cyclic esters (lactones) is 1. The number of fused-ring (bicyclic) bond motifs is 2. The van der Waals surface area contributed by atoms with Gasteiger partial charge < -0.3 is 19.6 Å². The minimum Gasteiger partial charge on any atom is -0.465 e. The highest BCUT2D eigenvalue weighted by Gasteiger charge is 2.72. The van der Waals surface area contributed by atoms with Crippen LogP contribution in [-0.4, -0.2) is 69.6 Å². The maximum absolute atomic E-state index is 14.6. The largest absolute Gasteiger partial charge is 0.465 e. The van der Waals surface area contributed by atoms with Crippen molar-refractivity contribution in [3.8, 4) is 0 Å². The number of allylic oxidation sites excluding steroid dienone is 1. The molecule has 4 heterocycles. The van der Waals surface area contributed by atoms with E-state index in [4.69, 9.17) is 16.3 Å². The van der Waals surface area contributed by atoms with E-state index < -0.39 is 28.7 Å². The first-order valence-corrected chi connectivity index (χ1v) is 14.7. The Morgan fingerprint density at radius 1 is 1.18 bits per heavy atom. The molecular weight excluding hydrogens is 524 g/mol. The third-order valence-corrected chi connectivity index (χ3v) is 10.4. The monoisotopic (exact) mass is 558 g/mol. The Balaban J connectivity index is 1.68. The van der Waals surface area contributed by atoms with Crippen LogP contribution in [0.25, 0.3) is 0 Å². The number of halogens is 1. The number of likely N-dealkylation sites (tertiary alicyclic amines) is 1. The number of esters is 1. The molecule has 9 heteroatoms. The van der Waals surface area contributed by atoms with Gasteiger partial charge in [0, 0.05) is 11.8 Å². The number of rotatable bonds is 4. The van der Waals surface area contributed by atoms with Crippen molar-refractivity contribution in [2.45, 2.75) is 62.1 Å². The summed E-state index contributed by atoms with van der Waals surface area (Å²) in [4.78, 5) is 45.7. The summed E-state index contributed by atoms with van der Waals surface area (Å²) in [6.45, 7) is 6.09. The normalized spacial score (nSPS) is 32.9. The molecule has 0 radical (unpaired) electrons. The lowest BCUT2D eigenvalue weighted by molar-refractivity contribution is -0.153. The molecule has 0 aliphatic carbocycles. The molecule has 5 rings (SSSR count). The Morgan fingerprint density at radius 2 is 1.97 bits per heavy atom. The Labute approximate surface area is 233 Å². The van der Waals surface area contributed by atoms with Crippen molar-refractivity contribution in [3.63, 3.8) is 0 Å². The minimum absolute atomic E-state index is 0.105. The van der Waals surface area contributed by atoms with Crippen molar-refractivity contribution in [1.29, 1.82) is 0 Å². The SMILES string of the molecule is Cc1cccc(Cl)c1N1CC=C[C@]23S[C@H]4/C=C\CCCCOC(=O)[C@H]4[C@H]2C(=O)N([C@@H](CO)C(C)C)C3C1=O. The van der Waals surface area contributed by atoms with Gasteiger partial charge in [0.1, 0.15) is 6.04 Å². The molecule has 1 aromatic rings. The second-order valence-corrected chi connectivity index (χ2v) is 12.8. The van der Waals surface area contributed by atoms with Gasteiger partial charge in [0.05, 0.1) is 46.5 Å². The van der Waals surface area contributed by atoms with Crippen LogP contribution in [0.4, 0.5) is 5.69 Å². The first-order valence-electron chi connectivity index (χ1n) is 13.4. The number of anilines is 1. The molecule has 0 bridgehead atoms. The van der Waals surface area contributed by atoms with Crippen LogP contribution in [0.1, 0.15) is 38.7 Å². The van der Waals surface area contributed by atoms with Gasteiger partial charge in [-0.3, -0.25) is 14.4 Å². The van der Waals surface area contributed by atoms with Gasteiger partial charge in [-0.2, -0.15) is 0 Å². The van der Waals surface area contributed by atoms with E-state index in [1.165, 1.54) is 11.8 Å². The quantitative estimate of drug-likeness (QED) is 0.441.